The summed E-state index contributed by atoms with van der Waals surface area (Å²) in [4.78, 5) is 23.9. The van der Waals surface area contributed by atoms with Crippen LogP contribution >= 0.6 is 11.6 Å². The van der Waals surface area contributed by atoms with Crippen LogP contribution < -0.4 is 10.2 Å². The van der Waals surface area contributed by atoms with Crippen molar-refractivity contribution in [2.24, 2.45) is 5.92 Å². The summed E-state index contributed by atoms with van der Waals surface area (Å²) in [6.45, 7) is 1.93. The number of rotatable bonds is 5. The number of benzene rings is 2. The number of nitrogens with zero attached hydrogens (tertiary/aromatic N) is 3. The molecule has 1 aliphatic rings. The molecule has 3 aromatic rings. The quantitative estimate of drug-likeness (QED) is 0.685. The average molecular weight is 407 g/mol. The highest BCUT2D eigenvalue weighted by molar-refractivity contribution is 6.31. The van der Waals surface area contributed by atoms with E-state index in [-0.39, 0.29) is 11.8 Å². The number of halogens is 1. The maximum absolute atomic E-state index is 12.7. The van der Waals surface area contributed by atoms with Crippen LogP contribution in [-0.4, -0.2) is 29.0 Å². The Kier molecular flexibility index (Phi) is 6.06. The molecule has 0 spiro atoms. The lowest BCUT2D eigenvalue weighted by atomic mass is 9.97. The number of hydrogen-bond donors (Lipinski definition) is 1. The number of hydrogen-bond acceptors (Lipinski definition) is 4. The van der Waals surface area contributed by atoms with E-state index in [2.05, 4.69) is 20.2 Å². The normalized spacial score (nSPS) is 16.4. The molecule has 2 heterocycles. The largest absolute Gasteiger partial charge is 0.352 e. The van der Waals surface area contributed by atoms with Gasteiger partial charge in [0.05, 0.1) is 5.92 Å². The van der Waals surface area contributed by atoms with Crippen molar-refractivity contribution in [3.05, 3.63) is 77.6 Å². The summed E-state index contributed by atoms with van der Waals surface area (Å²) in [5, 5.41) is 3.69. The topological polar surface area (TPSA) is 58.1 Å². The van der Waals surface area contributed by atoms with E-state index in [1.54, 1.807) is 0 Å². The van der Waals surface area contributed by atoms with E-state index in [0.717, 1.165) is 36.1 Å². The van der Waals surface area contributed by atoms with Crippen LogP contribution in [0, 0.1) is 5.92 Å². The molecule has 0 aliphatic carbocycles. The van der Waals surface area contributed by atoms with Crippen LogP contribution in [0.4, 0.5) is 5.95 Å². The molecule has 4 rings (SSSR count). The molecular formula is C23H23ClN4O. The van der Waals surface area contributed by atoms with Crippen LogP contribution in [0.3, 0.4) is 0 Å². The van der Waals surface area contributed by atoms with Gasteiger partial charge in [-0.3, -0.25) is 4.79 Å². The van der Waals surface area contributed by atoms with Crippen molar-refractivity contribution in [3.8, 4) is 11.1 Å². The fraction of sp³-hybridized carbons (Fsp3) is 0.261. The Morgan fingerprint density at radius 1 is 1.03 bits per heavy atom. The van der Waals surface area contributed by atoms with Crippen molar-refractivity contribution in [1.82, 2.24) is 15.3 Å². The molecule has 1 amide bonds. The van der Waals surface area contributed by atoms with Gasteiger partial charge < -0.3 is 10.2 Å². The molecule has 0 radical (unpaired) electrons. The number of aromatic nitrogens is 2. The molecule has 29 heavy (non-hydrogen) atoms. The molecule has 2 aromatic carbocycles. The van der Waals surface area contributed by atoms with Gasteiger partial charge in [0.1, 0.15) is 0 Å². The maximum Gasteiger partial charge on any atom is 0.225 e. The second kappa shape index (κ2) is 9.05. The Morgan fingerprint density at radius 3 is 2.52 bits per heavy atom. The first-order valence-electron chi connectivity index (χ1n) is 9.84. The number of piperidine rings is 1. The molecule has 1 atom stereocenters. The first-order chi connectivity index (χ1) is 14.2. The first kappa shape index (κ1) is 19.4. The van der Waals surface area contributed by atoms with Gasteiger partial charge in [0.25, 0.3) is 0 Å². The van der Waals surface area contributed by atoms with Crippen LogP contribution in [0.2, 0.25) is 5.02 Å². The summed E-state index contributed by atoms with van der Waals surface area (Å²) >= 11 is 6.18. The molecule has 0 saturated carbocycles. The van der Waals surface area contributed by atoms with Gasteiger partial charge in [0.15, 0.2) is 0 Å². The van der Waals surface area contributed by atoms with Gasteiger partial charge in [-0.1, -0.05) is 60.1 Å². The Labute approximate surface area is 175 Å². The standard InChI is InChI=1S/C23H23ClN4O/c24-21-11-5-4-9-18(21)13-25-22(29)19-10-6-12-28(16-19)23-26-14-20(15-27-23)17-7-2-1-3-8-17/h1-5,7-9,11,14-15,19H,6,10,12-13,16H2,(H,25,29)/t19-/m1/s1. The third-order valence-corrected chi connectivity index (χ3v) is 5.60. The van der Waals surface area contributed by atoms with Gasteiger partial charge in [0.2, 0.25) is 11.9 Å². The molecule has 1 aliphatic heterocycles. The molecule has 0 unspecified atom stereocenters. The number of anilines is 1. The maximum atomic E-state index is 12.7. The van der Waals surface area contributed by atoms with E-state index in [9.17, 15) is 4.79 Å². The summed E-state index contributed by atoms with van der Waals surface area (Å²) < 4.78 is 0. The Morgan fingerprint density at radius 2 is 1.76 bits per heavy atom. The summed E-state index contributed by atoms with van der Waals surface area (Å²) in [6, 6.07) is 17.6. The van der Waals surface area contributed by atoms with E-state index in [0.29, 0.717) is 24.1 Å². The molecule has 1 aromatic heterocycles. The SMILES string of the molecule is O=C(NCc1ccccc1Cl)[C@@H]1CCCN(c2ncc(-c3ccccc3)cn2)C1. The van der Waals surface area contributed by atoms with Crippen LogP contribution in [0.5, 0.6) is 0 Å². The summed E-state index contributed by atoms with van der Waals surface area (Å²) in [5.74, 6) is 0.646. The lowest BCUT2D eigenvalue weighted by molar-refractivity contribution is -0.125. The number of carbonyl (C=O) groups excluding carboxylic acids is 1. The third-order valence-electron chi connectivity index (χ3n) is 5.23. The highest BCUT2D eigenvalue weighted by Crippen LogP contribution is 2.23. The molecular weight excluding hydrogens is 384 g/mol. The minimum Gasteiger partial charge on any atom is -0.352 e. The Balaban J connectivity index is 1.38. The summed E-state index contributed by atoms with van der Waals surface area (Å²) in [5.41, 5.74) is 3.00. The van der Waals surface area contributed by atoms with Gasteiger partial charge in [-0.05, 0) is 30.0 Å². The van der Waals surface area contributed by atoms with Crippen molar-refractivity contribution in [1.29, 1.82) is 0 Å². The van der Waals surface area contributed by atoms with Crippen LogP contribution in [-0.2, 0) is 11.3 Å². The molecule has 0 bridgehead atoms. The third kappa shape index (κ3) is 4.74. The minimum absolute atomic E-state index is 0.0514. The van der Waals surface area contributed by atoms with Crippen LogP contribution in [0.25, 0.3) is 11.1 Å². The van der Waals surface area contributed by atoms with E-state index in [1.807, 2.05) is 67.0 Å². The van der Waals surface area contributed by atoms with E-state index in [1.165, 1.54) is 0 Å². The summed E-state index contributed by atoms with van der Waals surface area (Å²) in [7, 11) is 0. The fourth-order valence-corrected chi connectivity index (χ4v) is 3.81. The zero-order chi connectivity index (χ0) is 20.1. The minimum atomic E-state index is -0.0800. The van der Waals surface area contributed by atoms with Gasteiger partial charge in [-0.25, -0.2) is 9.97 Å². The molecule has 6 heteroatoms. The zero-order valence-corrected chi connectivity index (χ0v) is 16.8. The fourth-order valence-electron chi connectivity index (χ4n) is 3.61. The molecule has 1 fully saturated rings. The highest BCUT2D eigenvalue weighted by Gasteiger charge is 2.27. The number of amides is 1. The Hall–Kier alpha value is -2.92. The average Bonchev–Trinajstić information content (AvgIpc) is 2.79. The highest BCUT2D eigenvalue weighted by atomic mass is 35.5. The number of carbonyl (C=O) groups is 1. The molecule has 1 saturated heterocycles. The van der Waals surface area contributed by atoms with Crippen molar-refractivity contribution >= 4 is 23.5 Å². The number of nitrogens with one attached hydrogen (secondary N) is 1. The van der Waals surface area contributed by atoms with Gasteiger partial charge in [0, 0.05) is 42.6 Å². The van der Waals surface area contributed by atoms with Gasteiger partial charge in [-0.2, -0.15) is 0 Å². The second-order valence-electron chi connectivity index (χ2n) is 7.23. The predicted molar refractivity (Wildman–Crippen MR) is 116 cm³/mol. The van der Waals surface area contributed by atoms with Crippen molar-refractivity contribution < 1.29 is 4.79 Å². The van der Waals surface area contributed by atoms with Crippen LogP contribution in [0.15, 0.2) is 67.0 Å². The van der Waals surface area contributed by atoms with Gasteiger partial charge in [-0.15, -0.1) is 0 Å². The Bertz CT molecular complexity index is 962. The second-order valence-corrected chi connectivity index (χ2v) is 7.64. The lowest BCUT2D eigenvalue weighted by Gasteiger charge is -2.32. The van der Waals surface area contributed by atoms with Crippen molar-refractivity contribution in [2.75, 3.05) is 18.0 Å². The molecule has 148 valence electrons. The molecule has 5 nitrogen and oxygen atoms in total. The van der Waals surface area contributed by atoms with E-state index < -0.39 is 0 Å². The monoisotopic (exact) mass is 406 g/mol. The lowest BCUT2D eigenvalue weighted by Crippen LogP contribution is -2.43. The van der Waals surface area contributed by atoms with E-state index >= 15 is 0 Å². The summed E-state index contributed by atoms with van der Waals surface area (Å²) in [6.07, 6.45) is 5.50. The first-order valence-corrected chi connectivity index (χ1v) is 10.2. The van der Waals surface area contributed by atoms with Crippen molar-refractivity contribution in [2.45, 2.75) is 19.4 Å². The van der Waals surface area contributed by atoms with Crippen LogP contribution in [0.1, 0.15) is 18.4 Å². The van der Waals surface area contributed by atoms with Crippen molar-refractivity contribution in [3.63, 3.8) is 0 Å². The predicted octanol–water partition coefficient (Wildman–Crippen LogP) is 4.33. The smallest absolute Gasteiger partial charge is 0.225 e. The van der Waals surface area contributed by atoms with E-state index in [4.69, 9.17) is 11.6 Å². The molecule has 1 N–H and O–H groups in total. The van der Waals surface area contributed by atoms with Gasteiger partial charge >= 0.3 is 0 Å². The zero-order valence-electron chi connectivity index (χ0n) is 16.1.